The number of aliphatic carboxylic acids is 1. The quantitative estimate of drug-likeness (QED) is 0.831. The van der Waals surface area contributed by atoms with Crippen molar-refractivity contribution in [2.45, 2.75) is 63.3 Å². The van der Waals surface area contributed by atoms with Crippen LogP contribution in [0, 0.1) is 17.3 Å². The van der Waals surface area contributed by atoms with E-state index in [1.165, 1.54) is 5.56 Å². The van der Waals surface area contributed by atoms with Gasteiger partial charge in [-0.25, -0.2) is 0 Å². The van der Waals surface area contributed by atoms with Crippen molar-refractivity contribution >= 4 is 11.9 Å². The van der Waals surface area contributed by atoms with Crippen molar-refractivity contribution in [1.29, 1.82) is 0 Å². The molecule has 4 heteroatoms. The molecule has 4 aliphatic rings. The van der Waals surface area contributed by atoms with Crippen molar-refractivity contribution < 1.29 is 14.7 Å². The van der Waals surface area contributed by atoms with Crippen LogP contribution < -0.4 is 5.32 Å². The van der Waals surface area contributed by atoms with E-state index in [1.54, 1.807) is 0 Å². The highest BCUT2D eigenvalue weighted by Gasteiger charge is 2.53. The predicted molar refractivity (Wildman–Crippen MR) is 95.0 cm³/mol. The van der Waals surface area contributed by atoms with E-state index < -0.39 is 11.4 Å². The Labute approximate surface area is 149 Å². The van der Waals surface area contributed by atoms with Gasteiger partial charge in [0.05, 0.1) is 5.41 Å². The SMILES string of the molecule is O=C(NC12CCC(C(=O)O)(CC1)CC2)C(Cc1ccccc1)C1CC1. The minimum Gasteiger partial charge on any atom is -0.481 e. The molecule has 25 heavy (non-hydrogen) atoms. The summed E-state index contributed by atoms with van der Waals surface area (Å²) in [5.41, 5.74) is 0.550. The van der Waals surface area contributed by atoms with Crippen LogP contribution in [0.25, 0.3) is 0 Å². The number of carboxylic acid groups (broad SMARTS) is 1. The summed E-state index contributed by atoms with van der Waals surface area (Å²) in [7, 11) is 0. The summed E-state index contributed by atoms with van der Waals surface area (Å²) in [6.07, 6.45) is 7.67. The first-order chi connectivity index (χ1) is 12.0. The number of carboxylic acids is 1. The van der Waals surface area contributed by atoms with E-state index in [-0.39, 0.29) is 17.4 Å². The monoisotopic (exact) mass is 341 g/mol. The molecular formula is C21H27NO3. The molecule has 0 spiro atoms. The Hall–Kier alpha value is -1.84. The molecule has 1 aromatic rings. The highest BCUT2D eigenvalue weighted by atomic mass is 16.4. The first-order valence-electron chi connectivity index (χ1n) is 9.61. The van der Waals surface area contributed by atoms with E-state index in [9.17, 15) is 14.7 Å². The summed E-state index contributed by atoms with van der Waals surface area (Å²) in [5.74, 6) is 0.120. The van der Waals surface area contributed by atoms with E-state index in [0.29, 0.717) is 25.2 Å². The smallest absolute Gasteiger partial charge is 0.309 e. The van der Waals surface area contributed by atoms with Crippen molar-refractivity contribution in [2.75, 3.05) is 0 Å². The number of rotatable bonds is 6. The normalized spacial score (nSPS) is 32.2. The van der Waals surface area contributed by atoms with Gasteiger partial charge in [0.1, 0.15) is 0 Å². The maximum absolute atomic E-state index is 13.1. The van der Waals surface area contributed by atoms with Crippen LogP contribution in [0.3, 0.4) is 0 Å². The Morgan fingerprint density at radius 1 is 1.04 bits per heavy atom. The molecule has 4 nitrogen and oxygen atoms in total. The first kappa shape index (κ1) is 16.6. The molecule has 0 aliphatic heterocycles. The second kappa shape index (κ2) is 6.15. The van der Waals surface area contributed by atoms with Gasteiger partial charge in [-0.2, -0.15) is 0 Å². The van der Waals surface area contributed by atoms with Gasteiger partial charge >= 0.3 is 5.97 Å². The summed E-state index contributed by atoms with van der Waals surface area (Å²) in [5, 5.41) is 12.9. The van der Waals surface area contributed by atoms with Gasteiger partial charge in [0, 0.05) is 11.5 Å². The van der Waals surface area contributed by atoms with Crippen LogP contribution in [0.15, 0.2) is 30.3 Å². The largest absolute Gasteiger partial charge is 0.481 e. The summed E-state index contributed by atoms with van der Waals surface area (Å²) in [6, 6.07) is 10.3. The van der Waals surface area contributed by atoms with Crippen LogP contribution in [0.1, 0.15) is 56.9 Å². The lowest BCUT2D eigenvalue weighted by molar-refractivity contribution is -0.157. The number of nitrogens with one attached hydrogen (secondary N) is 1. The topological polar surface area (TPSA) is 66.4 Å². The minimum absolute atomic E-state index is 0.0601. The van der Waals surface area contributed by atoms with Crippen LogP contribution in [0.2, 0.25) is 0 Å². The molecule has 134 valence electrons. The minimum atomic E-state index is -0.646. The van der Waals surface area contributed by atoms with Crippen molar-refractivity contribution in [3.8, 4) is 0 Å². The highest BCUT2D eigenvalue weighted by Crippen LogP contribution is 2.52. The lowest BCUT2D eigenvalue weighted by atomic mass is 9.57. The van der Waals surface area contributed by atoms with Crippen molar-refractivity contribution in [2.24, 2.45) is 17.3 Å². The Kier molecular flexibility index (Phi) is 4.09. The summed E-state index contributed by atoms with van der Waals surface area (Å²) < 4.78 is 0. The molecule has 2 N–H and O–H groups in total. The molecule has 4 saturated carbocycles. The third-order valence-electron chi connectivity index (χ3n) is 6.91. The fraction of sp³-hybridized carbons (Fsp3) is 0.619. The van der Waals surface area contributed by atoms with Crippen molar-refractivity contribution in [3.05, 3.63) is 35.9 Å². The molecule has 2 bridgehead atoms. The fourth-order valence-electron chi connectivity index (χ4n) is 4.89. The van der Waals surface area contributed by atoms with Crippen LogP contribution >= 0.6 is 0 Å². The zero-order valence-electron chi connectivity index (χ0n) is 14.7. The number of hydrogen-bond acceptors (Lipinski definition) is 2. The van der Waals surface area contributed by atoms with Gasteiger partial charge in [-0.1, -0.05) is 30.3 Å². The molecule has 0 aromatic heterocycles. The van der Waals surface area contributed by atoms with E-state index in [0.717, 1.165) is 38.5 Å². The Balaban J connectivity index is 1.43. The third kappa shape index (κ3) is 3.19. The van der Waals surface area contributed by atoms with Crippen LogP contribution in [-0.2, 0) is 16.0 Å². The molecule has 1 atom stereocenters. The lowest BCUT2D eigenvalue weighted by Crippen LogP contribution is -2.59. The van der Waals surface area contributed by atoms with Gasteiger partial charge in [-0.15, -0.1) is 0 Å². The second-order valence-electron chi connectivity index (χ2n) is 8.49. The van der Waals surface area contributed by atoms with E-state index >= 15 is 0 Å². The first-order valence-corrected chi connectivity index (χ1v) is 9.61. The Morgan fingerprint density at radius 2 is 1.64 bits per heavy atom. The average molecular weight is 341 g/mol. The second-order valence-corrected chi connectivity index (χ2v) is 8.49. The van der Waals surface area contributed by atoms with E-state index in [2.05, 4.69) is 17.4 Å². The average Bonchev–Trinajstić information content (AvgIpc) is 3.46. The molecule has 0 saturated heterocycles. The molecule has 4 fully saturated rings. The zero-order chi connectivity index (χ0) is 17.5. The van der Waals surface area contributed by atoms with Crippen LogP contribution in [-0.4, -0.2) is 22.5 Å². The van der Waals surface area contributed by atoms with Gasteiger partial charge < -0.3 is 10.4 Å². The van der Waals surface area contributed by atoms with Crippen molar-refractivity contribution in [3.63, 3.8) is 0 Å². The van der Waals surface area contributed by atoms with Crippen LogP contribution in [0.4, 0.5) is 0 Å². The lowest BCUT2D eigenvalue weighted by Gasteiger charge is -2.51. The third-order valence-corrected chi connectivity index (χ3v) is 6.91. The molecule has 1 amide bonds. The van der Waals surface area contributed by atoms with Crippen molar-refractivity contribution in [1.82, 2.24) is 5.32 Å². The molecule has 5 rings (SSSR count). The van der Waals surface area contributed by atoms with Gasteiger partial charge in [0.2, 0.25) is 5.91 Å². The van der Waals surface area contributed by atoms with E-state index in [1.807, 2.05) is 18.2 Å². The predicted octanol–water partition coefficient (Wildman–Crippen LogP) is 3.55. The fourth-order valence-corrected chi connectivity index (χ4v) is 4.89. The van der Waals surface area contributed by atoms with Crippen LogP contribution in [0.5, 0.6) is 0 Å². The molecule has 1 aromatic carbocycles. The number of benzene rings is 1. The molecule has 0 heterocycles. The number of hydrogen-bond donors (Lipinski definition) is 2. The van der Waals surface area contributed by atoms with E-state index in [4.69, 9.17) is 0 Å². The number of fused-ring (bicyclic) bond motifs is 3. The maximum atomic E-state index is 13.1. The summed E-state index contributed by atoms with van der Waals surface area (Å²) >= 11 is 0. The highest BCUT2D eigenvalue weighted by molar-refractivity contribution is 5.81. The van der Waals surface area contributed by atoms with Gasteiger partial charge in [0.25, 0.3) is 0 Å². The van der Waals surface area contributed by atoms with Gasteiger partial charge in [-0.05, 0) is 69.3 Å². The summed E-state index contributed by atoms with van der Waals surface area (Å²) in [6.45, 7) is 0. The maximum Gasteiger partial charge on any atom is 0.309 e. The number of carbonyl (C=O) groups excluding carboxylic acids is 1. The zero-order valence-corrected chi connectivity index (χ0v) is 14.7. The molecule has 1 unspecified atom stereocenters. The number of amides is 1. The standard InChI is InChI=1S/C21H27NO3/c23-18(17(16-6-7-16)14-15-4-2-1-3-5-15)22-21-11-8-20(9-12-21,10-13-21)19(24)25/h1-5,16-17H,6-14H2,(H,22,23)(H,24,25). The van der Waals surface area contributed by atoms with Gasteiger partial charge in [0.15, 0.2) is 0 Å². The molecule has 0 radical (unpaired) electrons. The summed E-state index contributed by atoms with van der Waals surface area (Å²) in [4.78, 5) is 24.6. The Bertz CT molecular complexity index is 640. The molecular weight excluding hydrogens is 314 g/mol. The molecule has 4 aliphatic carbocycles. The number of carbonyl (C=O) groups is 2. The Morgan fingerprint density at radius 3 is 2.16 bits per heavy atom. The van der Waals surface area contributed by atoms with Gasteiger partial charge in [-0.3, -0.25) is 9.59 Å².